The maximum absolute atomic E-state index is 14.3. The molecule has 2 bridgehead atoms. The Labute approximate surface area is 229 Å². The Balaban J connectivity index is 2.29. The molecule has 0 unspecified atom stereocenters. The predicted molar refractivity (Wildman–Crippen MR) is 156 cm³/mol. The van der Waals surface area contributed by atoms with E-state index in [1.54, 1.807) is 0 Å². The molecule has 0 aliphatic heterocycles. The van der Waals surface area contributed by atoms with E-state index >= 15 is 0 Å². The molecule has 0 spiro atoms. The van der Waals surface area contributed by atoms with Gasteiger partial charge >= 0.3 is 5.97 Å². The van der Waals surface area contributed by atoms with E-state index in [0.717, 1.165) is 25.7 Å². The number of ketones is 1. The van der Waals surface area contributed by atoms with Gasteiger partial charge in [-0.15, -0.1) is 0 Å². The lowest BCUT2D eigenvalue weighted by Gasteiger charge is -2.61. The summed E-state index contributed by atoms with van der Waals surface area (Å²) in [6.45, 7) is 27.1. The topological polar surface area (TPSA) is 61.8 Å². The fourth-order valence-corrected chi connectivity index (χ4v) is 10.2. The van der Waals surface area contributed by atoms with Crippen molar-refractivity contribution in [3.8, 4) is 0 Å². The van der Waals surface area contributed by atoms with Crippen molar-refractivity contribution in [1.82, 2.24) is 0 Å². The summed E-state index contributed by atoms with van der Waals surface area (Å²) >= 11 is 0. The number of methoxy groups -OCH3 is 1. The van der Waals surface area contributed by atoms with Crippen molar-refractivity contribution in [1.29, 1.82) is 0 Å². The SMILES string of the molecule is COC(=O)[C@@]12[C@H](C)CC[C@]3(CC[C@H](O[Si](C)(C)C(C)(C)C)[C@H]31)[C@@H](C)CC(=O)C[C@H]2O[Si](C)(C)C(C)(C)C. The van der Waals surface area contributed by atoms with Gasteiger partial charge in [-0.3, -0.25) is 9.59 Å². The third-order valence-corrected chi connectivity index (χ3v) is 20.7. The smallest absolute Gasteiger partial charge is 0.315 e. The molecule has 0 aromatic carbocycles. The number of ether oxygens (including phenoxy) is 1. The lowest BCUT2D eigenvalue weighted by molar-refractivity contribution is -0.205. The van der Waals surface area contributed by atoms with Crippen LogP contribution in [0.5, 0.6) is 0 Å². The van der Waals surface area contributed by atoms with Crippen molar-refractivity contribution in [3.63, 3.8) is 0 Å². The molecular weight excluding hydrogens is 496 g/mol. The number of hydrogen-bond donors (Lipinski definition) is 0. The van der Waals surface area contributed by atoms with Crippen LogP contribution < -0.4 is 0 Å². The third-order valence-electron chi connectivity index (χ3n) is 11.8. The quantitative estimate of drug-likeness (QED) is 0.258. The van der Waals surface area contributed by atoms with Gasteiger partial charge in [0.05, 0.1) is 13.2 Å². The lowest BCUT2D eigenvalue weighted by atomic mass is 9.45. The minimum Gasteiger partial charge on any atom is -0.468 e. The molecule has 0 amide bonds. The van der Waals surface area contributed by atoms with Gasteiger partial charge in [-0.25, -0.2) is 0 Å². The number of rotatable bonds is 5. The van der Waals surface area contributed by atoms with Gasteiger partial charge in [-0.2, -0.15) is 0 Å². The zero-order valence-corrected chi connectivity index (χ0v) is 28.2. The maximum atomic E-state index is 14.3. The van der Waals surface area contributed by atoms with Gasteiger partial charge in [0.25, 0.3) is 0 Å². The van der Waals surface area contributed by atoms with E-state index in [0.29, 0.717) is 6.42 Å². The molecule has 5 nitrogen and oxygen atoms in total. The Kier molecular flexibility index (Phi) is 8.26. The Morgan fingerprint density at radius 1 is 0.838 bits per heavy atom. The Hall–Kier alpha value is -0.506. The molecule has 37 heavy (non-hydrogen) atoms. The summed E-state index contributed by atoms with van der Waals surface area (Å²) < 4.78 is 20.2. The highest BCUT2D eigenvalue weighted by atomic mass is 28.4. The summed E-state index contributed by atoms with van der Waals surface area (Å²) in [7, 11) is -2.90. The van der Waals surface area contributed by atoms with E-state index in [-0.39, 0.29) is 57.5 Å². The fourth-order valence-electron chi connectivity index (χ4n) is 7.51. The van der Waals surface area contributed by atoms with Crippen molar-refractivity contribution in [2.45, 2.75) is 142 Å². The molecule has 3 aliphatic rings. The molecule has 7 atom stereocenters. The van der Waals surface area contributed by atoms with Crippen LogP contribution in [0.2, 0.25) is 36.3 Å². The standard InChI is InChI=1S/C30H56O5Si2/c1-20-14-16-29-17-15-23(34-36(10,11)27(3,4)5)25(29)30(20,26(32)33-9)24(19-22(31)18-21(29)2)35-37(12,13)28(6,7)8/h20-21,23-25H,14-19H2,1-13H3/t20-,21+,23+,24-,25-,29+,30-/m1/s1. The number of Topliss-reactive ketones (excluding diaryl/α,β-unsaturated/α-hetero) is 1. The Morgan fingerprint density at radius 2 is 1.35 bits per heavy atom. The van der Waals surface area contributed by atoms with Crippen LogP contribution in [-0.2, 0) is 23.2 Å². The highest BCUT2D eigenvalue weighted by molar-refractivity contribution is 6.74. The van der Waals surface area contributed by atoms with E-state index in [1.807, 2.05) is 0 Å². The second-order valence-electron chi connectivity index (χ2n) is 15.7. The second kappa shape index (κ2) is 9.85. The Bertz CT molecular complexity index is 885. The van der Waals surface area contributed by atoms with E-state index in [2.05, 4.69) is 81.6 Å². The highest BCUT2D eigenvalue weighted by Crippen LogP contribution is 2.69. The molecule has 0 saturated heterocycles. The van der Waals surface area contributed by atoms with Crippen molar-refractivity contribution in [2.24, 2.45) is 28.6 Å². The van der Waals surface area contributed by atoms with Crippen LogP contribution in [0, 0.1) is 28.6 Å². The predicted octanol–water partition coefficient (Wildman–Crippen LogP) is 7.75. The second-order valence-corrected chi connectivity index (χ2v) is 25.3. The number of carbonyl (C=O) groups is 2. The molecule has 3 aliphatic carbocycles. The molecule has 3 rings (SSSR count). The summed E-state index contributed by atoms with van der Waals surface area (Å²) in [4.78, 5) is 27.9. The third kappa shape index (κ3) is 4.97. The van der Waals surface area contributed by atoms with Crippen LogP contribution in [0.3, 0.4) is 0 Å². The van der Waals surface area contributed by atoms with Crippen LogP contribution in [-0.4, -0.2) is 47.7 Å². The minimum atomic E-state index is -2.31. The molecule has 0 N–H and O–H groups in total. The first-order valence-electron chi connectivity index (χ1n) is 14.6. The first kappa shape index (κ1) is 31.0. The van der Waals surface area contributed by atoms with Crippen molar-refractivity contribution in [2.75, 3.05) is 7.11 Å². The van der Waals surface area contributed by atoms with Gasteiger partial charge in [0.2, 0.25) is 0 Å². The van der Waals surface area contributed by atoms with E-state index < -0.39 is 28.2 Å². The first-order valence-corrected chi connectivity index (χ1v) is 20.4. The first-order chi connectivity index (χ1) is 16.7. The van der Waals surface area contributed by atoms with Crippen LogP contribution in [0.15, 0.2) is 0 Å². The van der Waals surface area contributed by atoms with Gasteiger partial charge in [0.15, 0.2) is 16.6 Å². The zero-order chi connectivity index (χ0) is 28.4. The summed E-state index contributed by atoms with van der Waals surface area (Å²) in [6.07, 6.45) is 4.28. The average molecular weight is 553 g/mol. The average Bonchev–Trinajstić information content (AvgIpc) is 3.10. The monoisotopic (exact) mass is 552 g/mol. The van der Waals surface area contributed by atoms with Crippen molar-refractivity contribution < 1.29 is 23.2 Å². The molecular formula is C30H56O5Si2. The maximum Gasteiger partial charge on any atom is 0.315 e. The summed E-state index contributed by atoms with van der Waals surface area (Å²) in [6, 6.07) is 0. The lowest BCUT2D eigenvalue weighted by Crippen LogP contribution is -2.67. The molecule has 3 saturated carbocycles. The van der Waals surface area contributed by atoms with E-state index in [1.165, 1.54) is 7.11 Å². The number of esters is 1. The molecule has 0 heterocycles. The Morgan fingerprint density at radius 3 is 1.86 bits per heavy atom. The summed E-state index contributed by atoms with van der Waals surface area (Å²) in [5, 5.41) is 0.0346. The molecule has 3 fully saturated rings. The van der Waals surface area contributed by atoms with Gasteiger partial charge < -0.3 is 13.6 Å². The largest absolute Gasteiger partial charge is 0.468 e. The van der Waals surface area contributed by atoms with E-state index in [4.69, 9.17) is 13.6 Å². The van der Waals surface area contributed by atoms with Crippen LogP contribution in [0.25, 0.3) is 0 Å². The molecule has 0 radical (unpaired) electrons. The van der Waals surface area contributed by atoms with Gasteiger partial charge in [-0.1, -0.05) is 55.4 Å². The van der Waals surface area contributed by atoms with Crippen molar-refractivity contribution >= 4 is 28.4 Å². The van der Waals surface area contributed by atoms with Crippen LogP contribution >= 0.6 is 0 Å². The normalized spacial score (nSPS) is 37.5. The summed E-state index contributed by atoms with van der Waals surface area (Å²) in [5.41, 5.74) is -1.00. The fraction of sp³-hybridized carbons (Fsp3) is 0.933. The van der Waals surface area contributed by atoms with Crippen LogP contribution in [0.1, 0.15) is 93.9 Å². The van der Waals surface area contributed by atoms with Gasteiger partial charge in [-0.05, 0) is 79.2 Å². The number of hydrogen-bond acceptors (Lipinski definition) is 5. The molecule has 214 valence electrons. The zero-order valence-electron chi connectivity index (χ0n) is 26.2. The molecule has 0 aromatic rings. The number of carbonyl (C=O) groups excluding carboxylic acids is 2. The highest BCUT2D eigenvalue weighted by Gasteiger charge is 2.72. The molecule has 0 aromatic heterocycles. The van der Waals surface area contributed by atoms with Gasteiger partial charge in [0.1, 0.15) is 11.2 Å². The van der Waals surface area contributed by atoms with E-state index in [9.17, 15) is 9.59 Å². The minimum absolute atomic E-state index is 0.0109. The molecule has 7 heteroatoms. The van der Waals surface area contributed by atoms with Gasteiger partial charge in [0, 0.05) is 24.9 Å². The van der Waals surface area contributed by atoms with Crippen molar-refractivity contribution in [3.05, 3.63) is 0 Å². The van der Waals surface area contributed by atoms with Crippen LogP contribution in [0.4, 0.5) is 0 Å². The summed E-state index contributed by atoms with van der Waals surface area (Å²) in [5.74, 6) is 0.289.